The van der Waals surface area contributed by atoms with Gasteiger partial charge >= 0.3 is 5.97 Å². The SMILES string of the molecule is C=CC1=CC=C(CC2CC/C=C\CCC2)C=CC1.CC(=O)OC(C)(C)C. The highest BCUT2D eigenvalue weighted by Gasteiger charge is 2.12. The van der Waals surface area contributed by atoms with Crippen LogP contribution in [-0.4, -0.2) is 11.6 Å². The summed E-state index contributed by atoms with van der Waals surface area (Å²) in [6, 6.07) is 0. The van der Waals surface area contributed by atoms with Crippen LogP contribution < -0.4 is 0 Å². The van der Waals surface area contributed by atoms with Gasteiger partial charge in [0.1, 0.15) is 5.60 Å². The number of ether oxygens (including phenoxy) is 1. The average molecular weight is 357 g/mol. The molecule has 0 saturated heterocycles. The first-order valence-corrected chi connectivity index (χ1v) is 9.83. The molecule has 2 aliphatic carbocycles. The normalized spacial score (nSPS) is 21.6. The van der Waals surface area contributed by atoms with Crippen molar-refractivity contribution in [1.82, 2.24) is 0 Å². The second kappa shape index (κ2) is 11.7. The minimum Gasteiger partial charge on any atom is -0.460 e. The van der Waals surface area contributed by atoms with Gasteiger partial charge in [-0.05, 0) is 82.8 Å². The van der Waals surface area contributed by atoms with Crippen LogP contribution in [0.1, 0.15) is 72.6 Å². The van der Waals surface area contributed by atoms with E-state index in [0.717, 1.165) is 12.3 Å². The van der Waals surface area contributed by atoms with Crippen molar-refractivity contribution in [2.75, 3.05) is 0 Å². The smallest absolute Gasteiger partial charge is 0.303 e. The molecule has 0 saturated carbocycles. The maximum atomic E-state index is 10.2. The monoisotopic (exact) mass is 356 g/mol. The number of esters is 1. The van der Waals surface area contributed by atoms with Gasteiger partial charge in [-0.2, -0.15) is 0 Å². The van der Waals surface area contributed by atoms with Crippen LogP contribution in [0.3, 0.4) is 0 Å². The van der Waals surface area contributed by atoms with Gasteiger partial charge in [0.05, 0.1) is 0 Å². The predicted octanol–water partition coefficient (Wildman–Crippen LogP) is 6.86. The molecule has 144 valence electrons. The number of rotatable bonds is 3. The van der Waals surface area contributed by atoms with Gasteiger partial charge in [0.25, 0.3) is 0 Å². The number of carbonyl (C=O) groups is 1. The van der Waals surface area contributed by atoms with Gasteiger partial charge in [0.15, 0.2) is 0 Å². The summed E-state index contributed by atoms with van der Waals surface area (Å²) in [6.07, 6.45) is 24.6. The second-order valence-corrected chi connectivity index (χ2v) is 8.05. The molecule has 1 atom stereocenters. The third-order valence-electron chi connectivity index (χ3n) is 4.32. The lowest BCUT2D eigenvalue weighted by Gasteiger charge is -2.17. The van der Waals surface area contributed by atoms with E-state index in [4.69, 9.17) is 4.74 Å². The van der Waals surface area contributed by atoms with Crippen LogP contribution in [0, 0.1) is 5.92 Å². The molecule has 0 bridgehead atoms. The van der Waals surface area contributed by atoms with Crippen molar-refractivity contribution < 1.29 is 9.53 Å². The maximum absolute atomic E-state index is 10.2. The van der Waals surface area contributed by atoms with Crippen LogP contribution in [0.5, 0.6) is 0 Å². The molecule has 0 spiro atoms. The Morgan fingerprint density at radius 2 is 1.92 bits per heavy atom. The summed E-state index contributed by atoms with van der Waals surface area (Å²) in [6.45, 7) is 10.8. The summed E-state index contributed by atoms with van der Waals surface area (Å²) < 4.78 is 4.80. The van der Waals surface area contributed by atoms with Crippen molar-refractivity contribution in [3.63, 3.8) is 0 Å². The molecule has 2 rings (SSSR count). The van der Waals surface area contributed by atoms with Crippen LogP contribution in [0.15, 0.2) is 60.3 Å². The van der Waals surface area contributed by atoms with Crippen LogP contribution in [0.2, 0.25) is 0 Å². The maximum Gasteiger partial charge on any atom is 0.303 e. The molecule has 1 unspecified atom stereocenters. The van der Waals surface area contributed by atoms with Crippen molar-refractivity contribution >= 4 is 5.97 Å². The molecule has 2 aliphatic rings. The number of allylic oxidation sites excluding steroid dienone is 9. The lowest BCUT2D eigenvalue weighted by Crippen LogP contribution is -2.21. The van der Waals surface area contributed by atoms with Gasteiger partial charge in [-0.3, -0.25) is 4.79 Å². The Kier molecular flexibility index (Phi) is 10.0. The molecule has 0 radical (unpaired) electrons. The van der Waals surface area contributed by atoms with E-state index >= 15 is 0 Å². The topological polar surface area (TPSA) is 26.3 Å². The van der Waals surface area contributed by atoms with E-state index in [-0.39, 0.29) is 11.6 Å². The Morgan fingerprint density at radius 1 is 1.19 bits per heavy atom. The van der Waals surface area contributed by atoms with Gasteiger partial charge < -0.3 is 4.74 Å². The molecular weight excluding hydrogens is 320 g/mol. The van der Waals surface area contributed by atoms with Gasteiger partial charge in [-0.15, -0.1) is 0 Å². The predicted molar refractivity (Wildman–Crippen MR) is 112 cm³/mol. The molecule has 26 heavy (non-hydrogen) atoms. The Labute approximate surface area is 160 Å². The third kappa shape index (κ3) is 10.9. The lowest BCUT2D eigenvalue weighted by molar-refractivity contribution is -0.151. The van der Waals surface area contributed by atoms with E-state index in [9.17, 15) is 4.79 Å². The Hall–Kier alpha value is -1.83. The minimum absolute atomic E-state index is 0.225. The molecule has 0 aliphatic heterocycles. The molecule has 0 aromatic carbocycles. The Balaban J connectivity index is 0.000000359. The number of hydrogen-bond donors (Lipinski definition) is 0. The van der Waals surface area contributed by atoms with E-state index in [1.165, 1.54) is 56.6 Å². The Morgan fingerprint density at radius 3 is 2.54 bits per heavy atom. The fraction of sp³-hybridized carbons (Fsp3) is 0.542. The zero-order valence-electron chi connectivity index (χ0n) is 17.1. The van der Waals surface area contributed by atoms with Crippen molar-refractivity contribution in [3.8, 4) is 0 Å². The highest BCUT2D eigenvalue weighted by Crippen LogP contribution is 2.27. The average Bonchev–Trinajstić information content (AvgIpc) is 2.73. The van der Waals surface area contributed by atoms with Crippen LogP contribution in [0.25, 0.3) is 0 Å². The summed E-state index contributed by atoms with van der Waals surface area (Å²) >= 11 is 0. The summed E-state index contributed by atoms with van der Waals surface area (Å²) in [4.78, 5) is 10.2. The summed E-state index contributed by atoms with van der Waals surface area (Å²) in [5, 5.41) is 0. The lowest BCUT2D eigenvalue weighted by atomic mass is 9.88. The molecule has 0 N–H and O–H groups in total. The van der Waals surface area contributed by atoms with Gasteiger partial charge in [-0.1, -0.05) is 49.1 Å². The number of hydrogen-bond acceptors (Lipinski definition) is 2. The summed E-state index contributed by atoms with van der Waals surface area (Å²) in [5.74, 6) is 0.641. The molecule has 0 amide bonds. The molecule has 0 heterocycles. The van der Waals surface area contributed by atoms with E-state index < -0.39 is 0 Å². The van der Waals surface area contributed by atoms with E-state index in [1.807, 2.05) is 26.8 Å². The van der Waals surface area contributed by atoms with Crippen molar-refractivity contribution in [2.45, 2.75) is 78.2 Å². The van der Waals surface area contributed by atoms with Crippen LogP contribution >= 0.6 is 0 Å². The van der Waals surface area contributed by atoms with Crippen molar-refractivity contribution in [2.24, 2.45) is 5.92 Å². The molecule has 0 aromatic heterocycles. The zero-order valence-corrected chi connectivity index (χ0v) is 17.1. The molecule has 2 heteroatoms. The second-order valence-electron chi connectivity index (χ2n) is 8.05. The zero-order chi connectivity index (χ0) is 19.4. The summed E-state index contributed by atoms with van der Waals surface area (Å²) in [5.41, 5.74) is 2.48. The minimum atomic E-state index is -0.328. The van der Waals surface area contributed by atoms with Gasteiger partial charge in [0.2, 0.25) is 0 Å². The highest BCUT2D eigenvalue weighted by molar-refractivity contribution is 5.66. The molecule has 0 aromatic rings. The fourth-order valence-electron chi connectivity index (χ4n) is 3.18. The molecular formula is C24H36O2. The highest BCUT2D eigenvalue weighted by atomic mass is 16.6. The molecule has 0 fully saturated rings. The van der Waals surface area contributed by atoms with Crippen LogP contribution in [-0.2, 0) is 9.53 Å². The van der Waals surface area contributed by atoms with E-state index in [0.29, 0.717) is 0 Å². The Bertz CT molecular complexity index is 568. The first-order valence-electron chi connectivity index (χ1n) is 9.83. The van der Waals surface area contributed by atoms with Crippen molar-refractivity contribution in [1.29, 1.82) is 0 Å². The number of carbonyl (C=O) groups excluding carboxylic acids is 1. The van der Waals surface area contributed by atoms with Crippen LogP contribution in [0.4, 0.5) is 0 Å². The standard InChI is InChI=1S/C18H24.C6H12O2/c1-2-16-11-8-12-18(14-13-16)15-17-9-6-4-3-5-7-10-17;1-5(7)8-6(2,3)4/h2-4,8,12-14,17H,1,5-7,9-11,15H2;1-4H3/b4-3-;. The fourth-order valence-corrected chi connectivity index (χ4v) is 3.18. The first kappa shape index (κ1) is 22.2. The quantitative estimate of drug-likeness (QED) is 0.408. The van der Waals surface area contributed by atoms with Gasteiger partial charge in [-0.25, -0.2) is 0 Å². The van der Waals surface area contributed by atoms with Gasteiger partial charge in [0, 0.05) is 6.92 Å². The van der Waals surface area contributed by atoms with E-state index in [1.54, 1.807) is 0 Å². The first-order chi connectivity index (χ1) is 12.3. The summed E-state index contributed by atoms with van der Waals surface area (Å²) in [7, 11) is 0. The molecule has 2 nitrogen and oxygen atoms in total. The van der Waals surface area contributed by atoms with E-state index in [2.05, 4.69) is 43.0 Å². The largest absolute Gasteiger partial charge is 0.460 e. The van der Waals surface area contributed by atoms with Crippen molar-refractivity contribution in [3.05, 3.63) is 60.3 Å². The third-order valence-corrected chi connectivity index (χ3v) is 4.32.